The van der Waals surface area contributed by atoms with Crippen molar-refractivity contribution in [3.63, 3.8) is 0 Å². The number of hydrogen-bond acceptors (Lipinski definition) is 4. The highest BCUT2D eigenvalue weighted by Crippen LogP contribution is 2.32. The van der Waals surface area contributed by atoms with Gasteiger partial charge < -0.3 is 5.32 Å². The van der Waals surface area contributed by atoms with E-state index in [0.717, 1.165) is 5.56 Å². The van der Waals surface area contributed by atoms with Gasteiger partial charge in [0.1, 0.15) is 11.9 Å². The van der Waals surface area contributed by atoms with Crippen molar-refractivity contribution < 1.29 is 13.2 Å². The number of halogens is 3. The van der Waals surface area contributed by atoms with Crippen molar-refractivity contribution in [1.29, 1.82) is 5.26 Å². The Bertz CT molecular complexity index is 709. The SMILES string of the molecule is Cc1c(SCC(F)(F)F)cnc(NCc2ccccc2)c1C#N. The number of aromatic nitrogens is 1. The second kappa shape index (κ2) is 7.38. The van der Waals surface area contributed by atoms with Crippen LogP contribution < -0.4 is 5.32 Å². The van der Waals surface area contributed by atoms with Gasteiger partial charge in [0.05, 0.1) is 11.3 Å². The lowest BCUT2D eigenvalue weighted by atomic mass is 10.1. The van der Waals surface area contributed by atoms with Gasteiger partial charge in [-0.1, -0.05) is 30.3 Å². The zero-order chi connectivity index (χ0) is 16.9. The fourth-order valence-electron chi connectivity index (χ4n) is 1.94. The molecule has 2 rings (SSSR count). The van der Waals surface area contributed by atoms with Gasteiger partial charge in [-0.2, -0.15) is 18.4 Å². The number of pyridine rings is 1. The van der Waals surface area contributed by atoms with Crippen molar-refractivity contribution in [2.24, 2.45) is 0 Å². The zero-order valence-electron chi connectivity index (χ0n) is 12.3. The van der Waals surface area contributed by atoms with E-state index in [9.17, 15) is 18.4 Å². The number of rotatable bonds is 5. The van der Waals surface area contributed by atoms with Gasteiger partial charge in [0.15, 0.2) is 0 Å². The van der Waals surface area contributed by atoms with E-state index in [-0.39, 0.29) is 5.56 Å². The third-order valence-electron chi connectivity index (χ3n) is 3.10. The maximum absolute atomic E-state index is 12.3. The number of nitrogens with zero attached hydrogens (tertiary/aromatic N) is 2. The van der Waals surface area contributed by atoms with E-state index >= 15 is 0 Å². The first-order valence-electron chi connectivity index (χ1n) is 6.78. The second-order valence-electron chi connectivity index (χ2n) is 4.83. The Hall–Kier alpha value is -2.20. The van der Waals surface area contributed by atoms with Gasteiger partial charge >= 0.3 is 6.18 Å². The first kappa shape index (κ1) is 17.2. The predicted molar refractivity (Wildman–Crippen MR) is 84.2 cm³/mol. The molecule has 3 nitrogen and oxygen atoms in total. The van der Waals surface area contributed by atoms with Gasteiger partial charge in [0.25, 0.3) is 0 Å². The lowest BCUT2D eigenvalue weighted by molar-refractivity contribution is -0.105. The summed E-state index contributed by atoms with van der Waals surface area (Å²) < 4.78 is 37.0. The average Bonchev–Trinajstić information content (AvgIpc) is 2.52. The molecule has 1 N–H and O–H groups in total. The van der Waals surface area contributed by atoms with Gasteiger partial charge in [-0.3, -0.25) is 0 Å². The molecular formula is C16H14F3N3S. The molecule has 1 heterocycles. The summed E-state index contributed by atoms with van der Waals surface area (Å²) in [5, 5.41) is 12.3. The van der Waals surface area contributed by atoms with Crippen LogP contribution in [-0.2, 0) is 6.54 Å². The van der Waals surface area contributed by atoms with Gasteiger partial charge in [-0.25, -0.2) is 4.98 Å². The van der Waals surface area contributed by atoms with Crippen LogP contribution in [0.2, 0.25) is 0 Å². The number of benzene rings is 1. The molecule has 0 aliphatic heterocycles. The molecule has 0 saturated heterocycles. The largest absolute Gasteiger partial charge is 0.398 e. The number of alkyl halides is 3. The molecule has 1 aromatic heterocycles. The van der Waals surface area contributed by atoms with Gasteiger partial charge in [-0.15, -0.1) is 11.8 Å². The van der Waals surface area contributed by atoms with E-state index in [1.807, 2.05) is 36.4 Å². The molecule has 0 saturated carbocycles. The first-order chi connectivity index (χ1) is 10.9. The quantitative estimate of drug-likeness (QED) is 0.815. The number of hydrogen-bond donors (Lipinski definition) is 1. The Morgan fingerprint density at radius 2 is 1.96 bits per heavy atom. The van der Waals surface area contributed by atoms with E-state index in [1.165, 1.54) is 6.20 Å². The van der Waals surface area contributed by atoms with Crippen LogP contribution in [0.3, 0.4) is 0 Å². The third-order valence-corrected chi connectivity index (χ3v) is 4.29. The highest BCUT2D eigenvalue weighted by Gasteiger charge is 2.28. The Labute approximate surface area is 136 Å². The molecule has 0 radical (unpaired) electrons. The van der Waals surface area contributed by atoms with Crippen molar-refractivity contribution >= 4 is 17.6 Å². The summed E-state index contributed by atoms with van der Waals surface area (Å²) in [5.41, 5.74) is 1.80. The molecule has 0 amide bonds. The molecule has 2 aromatic rings. The molecule has 0 aliphatic carbocycles. The van der Waals surface area contributed by atoms with E-state index in [4.69, 9.17) is 0 Å². The Kier molecular flexibility index (Phi) is 5.50. The molecule has 0 spiro atoms. The van der Waals surface area contributed by atoms with Crippen LogP contribution in [0.15, 0.2) is 41.4 Å². The first-order valence-corrected chi connectivity index (χ1v) is 7.76. The van der Waals surface area contributed by atoms with Crippen molar-refractivity contribution in [2.75, 3.05) is 11.1 Å². The number of thioether (sulfide) groups is 1. The fraction of sp³-hybridized carbons (Fsp3) is 0.250. The third kappa shape index (κ3) is 4.89. The zero-order valence-corrected chi connectivity index (χ0v) is 13.1. The topological polar surface area (TPSA) is 48.7 Å². The summed E-state index contributed by atoms with van der Waals surface area (Å²) in [7, 11) is 0. The summed E-state index contributed by atoms with van der Waals surface area (Å²) in [4.78, 5) is 4.47. The average molecular weight is 337 g/mol. The number of nitriles is 1. The molecule has 0 fully saturated rings. The highest BCUT2D eigenvalue weighted by atomic mass is 32.2. The summed E-state index contributed by atoms with van der Waals surface area (Å²) in [6.45, 7) is 2.11. The highest BCUT2D eigenvalue weighted by molar-refractivity contribution is 7.99. The molecular weight excluding hydrogens is 323 g/mol. The minimum atomic E-state index is -4.26. The smallest absolute Gasteiger partial charge is 0.365 e. The Balaban J connectivity index is 2.15. The van der Waals surface area contributed by atoms with E-state index < -0.39 is 11.9 Å². The van der Waals surface area contributed by atoms with Crippen molar-refractivity contribution in [3.05, 3.63) is 53.2 Å². The van der Waals surface area contributed by atoms with E-state index in [2.05, 4.69) is 10.3 Å². The van der Waals surface area contributed by atoms with Crippen molar-refractivity contribution in [2.45, 2.75) is 24.5 Å². The standard InChI is InChI=1S/C16H14F3N3S/c1-11-13(7-20)15(21-8-12-5-3-2-4-6-12)22-9-14(11)23-10-16(17,18)19/h2-6,9H,8,10H2,1H3,(H,21,22). The minimum absolute atomic E-state index is 0.271. The van der Waals surface area contributed by atoms with E-state index in [0.29, 0.717) is 34.6 Å². The molecule has 120 valence electrons. The lowest BCUT2D eigenvalue weighted by Gasteiger charge is -2.13. The molecule has 0 aliphatic rings. The Morgan fingerprint density at radius 3 is 2.57 bits per heavy atom. The summed E-state index contributed by atoms with van der Waals surface area (Å²) in [5.74, 6) is -0.623. The molecule has 7 heteroatoms. The summed E-state index contributed by atoms with van der Waals surface area (Å²) in [6.07, 6.45) is -2.88. The maximum Gasteiger partial charge on any atom is 0.398 e. The predicted octanol–water partition coefficient (Wildman–Crippen LogP) is 4.53. The number of nitrogens with one attached hydrogen (secondary N) is 1. The van der Waals surface area contributed by atoms with Crippen LogP contribution in [0.4, 0.5) is 19.0 Å². The molecule has 23 heavy (non-hydrogen) atoms. The van der Waals surface area contributed by atoms with Gasteiger partial charge in [0.2, 0.25) is 0 Å². The van der Waals surface area contributed by atoms with Crippen LogP contribution in [0.25, 0.3) is 0 Å². The number of anilines is 1. The monoisotopic (exact) mass is 337 g/mol. The van der Waals surface area contributed by atoms with Gasteiger partial charge in [0, 0.05) is 17.6 Å². The minimum Gasteiger partial charge on any atom is -0.365 e. The summed E-state index contributed by atoms with van der Waals surface area (Å²) >= 11 is 0.640. The van der Waals surface area contributed by atoms with E-state index in [1.54, 1.807) is 6.92 Å². The summed E-state index contributed by atoms with van der Waals surface area (Å²) in [6, 6.07) is 11.6. The Morgan fingerprint density at radius 1 is 1.26 bits per heavy atom. The van der Waals surface area contributed by atoms with Gasteiger partial charge in [-0.05, 0) is 18.1 Å². The maximum atomic E-state index is 12.3. The molecule has 0 bridgehead atoms. The van der Waals surface area contributed by atoms with Crippen LogP contribution in [-0.4, -0.2) is 16.9 Å². The van der Waals surface area contributed by atoms with Crippen LogP contribution in [0, 0.1) is 18.3 Å². The van der Waals surface area contributed by atoms with Crippen molar-refractivity contribution in [1.82, 2.24) is 4.98 Å². The van der Waals surface area contributed by atoms with Crippen LogP contribution >= 0.6 is 11.8 Å². The van der Waals surface area contributed by atoms with Crippen molar-refractivity contribution in [3.8, 4) is 6.07 Å². The van der Waals surface area contributed by atoms with Crippen LogP contribution in [0.5, 0.6) is 0 Å². The normalized spacial score (nSPS) is 11.1. The second-order valence-corrected chi connectivity index (χ2v) is 5.84. The van der Waals surface area contributed by atoms with Crippen LogP contribution in [0.1, 0.15) is 16.7 Å². The molecule has 0 atom stereocenters. The molecule has 1 aromatic carbocycles. The molecule has 0 unspecified atom stereocenters. The fourth-order valence-corrected chi connectivity index (χ4v) is 2.71. The lowest BCUT2D eigenvalue weighted by Crippen LogP contribution is -2.11.